The maximum absolute atomic E-state index is 11.5. The van der Waals surface area contributed by atoms with E-state index in [9.17, 15) is 9.59 Å². The largest absolute Gasteiger partial charge is 0.370 e. The molecule has 0 bridgehead atoms. The van der Waals surface area contributed by atoms with Gasteiger partial charge in [-0.2, -0.15) is 0 Å². The fourth-order valence-electron chi connectivity index (χ4n) is 1.65. The van der Waals surface area contributed by atoms with Crippen LogP contribution >= 0.6 is 0 Å². The molecule has 80 valence electrons. The summed E-state index contributed by atoms with van der Waals surface area (Å²) in [5.74, 6) is 0.434. The van der Waals surface area contributed by atoms with Gasteiger partial charge in [-0.25, -0.2) is 0 Å². The first-order valence-corrected chi connectivity index (χ1v) is 5.15. The minimum atomic E-state index is -0.338. The highest BCUT2D eigenvalue weighted by atomic mass is 16.2. The summed E-state index contributed by atoms with van der Waals surface area (Å²) in [6, 6.07) is 0. The highest BCUT2D eigenvalue weighted by Crippen LogP contribution is 2.17. The van der Waals surface area contributed by atoms with Gasteiger partial charge in [0.05, 0.1) is 0 Å². The van der Waals surface area contributed by atoms with Gasteiger partial charge >= 0.3 is 0 Å². The number of likely N-dealkylation sites (tertiary alicyclic amines) is 1. The van der Waals surface area contributed by atoms with Gasteiger partial charge in [0.1, 0.15) is 0 Å². The van der Waals surface area contributed by atoms with Crippen LogP contribution < -0.4 is 5.73 Å². The van der Waals surface area contributed by atoms with Crippen molar-refractivity contribution in [3.63, 3.8) is 0 Å². The van der Waals surface area contributed by atoms with E-state index in [2.05, 4.69) is 6.92 Å². The van der Waals surface area contributed by atoms with Crippen molar-refractivity contribution in [3.05, 3.63) is 0 Å². The summed E-state index contributed by atoms with van der Waals surface area (Å²) >= 11 is 0. The van der Waals surface area contributed by atoms with Crippen LogP contribution in [0.4, 0.5) is 0 Å². The minimum Gasteiger partial charge on any atom is -0.370 e. The van der Waals surface area contributed by atoms with Crippen LogP contribution in [0.2, 0.25) is 0 Å². The molecule has 1 atom stereocenters. The number of carbonyl (C=O) groups excluding carboxylic acids is 2. The van der Waals surface area contributed by atoms with Crippen molar-refractivity contribution in [3.8, 4) is 0 Å². The van der Waals surface area contributed by atoms with E-state index >= 15 is 0 Å². The van der Waals surface area contributed by atoms with E-state index in [-0.39, 0.29) is 18.2 Å². The molecule has 0 aliphatic carbocycles. The van der Waals surface area contributed by atoms with Crippen LogP contribution in [0, 0.1) is 5.92 Å². The standard InChI is InChI=1S/C10H18N2O2/c1-8-2-3-10(14)12(6-4-8)7-5-9(11)13/h8H,2-7H2,1H3,(H2,11,13). The fourth-order valence-corrected chi connectivity index (χ4v) is 1.65. The Balaban J connectivity index is 2.41. The quantitative estimate of drug-likeness (QED) is 0.718. The number of hydrogen-bond donors (Lipinski definition) is 1. The predicted molar refractivity (Wildman–Crippen MR) is 53.4 cm³/mol. The molecule has 1 heterocycles. The third-order valence-corrected chi connectivity index (χ3v) is 2.72. The van der Waals surface area contributed by atoms with E-state index in [0.717, 1.165) is 19.4 Å². The second-order valence-corrected chi connectivity index (χ2v) is 4.03. The average molecular weight is 198 g/mol. The molecule has 1 saturated heterocycles. The summed E-state index contributed by atoms with van der Waals surface area (Å²) in [5, 5.41) is 0. The second kappa shape index (κ2) is 4.98. The molecular formula is C10H18N2O2. The average Bonchev–Trinajstić information content (AvgIpc) is 2.27. The summed E-state index contributed by atoms with van der Waals surface area (Å²) in [7, 11) is 0. The molecule has 0 aromatic heterocycles. The van der Waals surface area contributed by atoms with E-state index in [1.165, 1.54) is 0 Å². The zero-order valence-electron chi connectivity index (χ0n) is 8.66. The molecule has 1 unspecified atom stereocenters. The molecule has 0 radical (unpaired) electrons. The summed E-state index contributed by atoms with van der Waals surface area (Å²) in [5.41, 5.74) is 5.04. The Labute approximate surface area is 84.4 Å². The van der Waals surface area contributed by atoms with Crippen LogP contribution in [0.25, 0.3) is 0 Å². The van der Waals surface area contributed by atoms with Crippen molar-refractivity contribution in [2.45, 2.75) is 32.6 Å². The Morgan fingerprint density at radius 2 is 2.29 bits per heavy atom. The molecule has 4 heteroatoms. The third kappa shape index (κ3) is 3.36. The first-order valence-electron chi connectivity index (χ1n) is 5.15. The lowest BCUT2D eigenvalue weighted by Crippen LogP contribution is -2.33. The fraction of sp³-hybridized carbons (Fsp3) is 0.800. The van der Waals surface area contributed by atoms with Crippen LogP contribution in [0.1, 0.15) is 32.6 Å². The highest BCUT2D eigenvalue weighted by molar-refractivity contribution is 5.78. The number of primary amides is 1. The van der Waals surface area contributed by atoms with Gasteiger partial charge in [0.15, 0.2) is 0 Å². The first-order chi connectivity index (χ1) is 6.59. The maximum atomic E-state index is 11.5. The lowest BCUT2D eigenvalue weighted by atomic mass is 10.0. The van der Waals surface area contributed by atoms with Gasteiger partial charge < -0.3 is 10.6 Å². The van der Waals surface area contributed by atoms with Crippen LogP contribution in [0.5, 0.6) is 0 Å². The van der Waals surface area contributed by atoms with Crippen molar-refractivity contribution >= 4 is 11.8 Å². The molecule has 1 fully saturated rings. The lowest BCUT2D eigenvalue weighted by Gasteiger charge is -2.19. The van der Waals surface area contributed by atoms with Crippen LogP contribution in [-0.4, -0.2) is 29.8 Å². The molecule has 0 saturated carbocycles. The van der Waals surface area contributed by atoms with Crippen LogP contribution in [0.15, 0.2) is 0 Å². The maximum Gasteiger partial charge on any atom is 0.222 e. The molecule has 0 spiro atoms. The zero-order valence-corrected chi connectivity index (χ0v) is 8.66. The number of nitrogens with zero attached hydrogens (tertiary/aromatic N) is 1. The summed E-state index contributed by atoms with van der Waals surface area (Å²) in [6.45, 7) is 3.42. The summed E-state index contributed by atoms with van der Waals surface area (Å²) in [4.78, 5) is 23.9. The molecule has 2 amide bonds. The molecular weight excluding hydrogens is 180 g/mol. The third-order valence-electron chi connectivity index (χ3n) is 2.72. The van der Waals surface area contributed by atoms with Crippen LogP contribution in [0.3, 0.4) is 0 Å². The molecule has 0 aromatic carbocycles. The van der Waals surface area contributed by atoms with Gasteiger partial charge in [-0.3, -0.25) is 9.59 Å². The van der Waals surface area contributed by atoms with Gasteiger partial charge in [0, 0.05) is 25.9 Å². The van der Waals surface area contributed by atoms with Gasteiger partial charge in [0.2, 0.25) is 11.8 Å². The number of hydrogen-bond acceptors (Lipinski definition) is 2. The number of rotatable bonds is 3. The molecule has 1 aliphatic heterocycles. The topological polar surface area (TPSA) is 63.4 Å². The second-order valence-electron chi connectivity index (χ2n) is 4.03. The molecule has 4 nitrogen and oxygen atoms in total. The monoisotopic (exact) mass is 198 g/mol. The van der Waals surface area contributed by atoms with Gasteiger partial charge in [0.25, 0.3) is 0 Å². The van der Waals surface area contributed by atoms with Gasteiger partial charge in [-0.1, -0.05) is 6.92 Å². The SMILES string of the molecule is CC1CCC(=O)N(CCC(N)=O)CC1. The summed E-state index contributed by atoms with van der Waals surface area (Å²) < 4.78 is 0. The van der Waals surface area contributed by atoms with E-state index in [4.69, 9.17) is 5.73 Å². The Bertz CT molecular complexity index is 228. The summed E-state index contributed by atoms with van der Waals surface area (Å²) in [6.07, 6.45) is 2.89. The Morgan fingerprint density at radius 1 is 1.57 bits per heavy atom. The Kier molecular flexibility index (Phi) is 3.92. The van der Waals surface area contributed by atoms with Crippen molar-refractivity contribution in [1.82, 2.24) is 4.90 Å². The smallest absolute Gasteiger partial charge is 0.222 e. The van der Waals surface area contributed by atoms with E-state index < -0.39 is 0 Å². The van der Waals surface area contributed by atoms with Gasteiger partial charge in [-0.15, -0.1) is 0 Å². The van der Waals surface area contributed by atoms with E-state index in [1.807, 2.05) is 0 Å². The Hall–Kier alpha value is -1.06. The molecule has 2 N–H and O–H groups in total. The van der Waals surface area contributed by atoms with Crippen molar-refractivity contribution in [2.75, 3.05) is 13.1 Å². The van der Waals surface area contributed by atoms with Crippen molar-refractivity contribution in [1.29, 1.82) is 0 Å². The Morgan fingerprint density at radius 3 is 2.93 bits per heavy atom. The van der Waals surface area contributed by atoms with Crippen molar-refractivity contribution < 1.29 is 9.59 Å². The first kappa shape index (κ1) is 11.0. The normalized spacial score (nSPS) is 23.4. The molecule has 1 aliphatic rings. The van der Waals surface area contributed by atoms with E-state index in [1.54, 1.807) is 4.90 Å². The van der Waals surface area contributed by atoms with Gasteiger partial charge in [-0.05, 0) is 18.8 Å². The van der Waals surface area contributed by atoms with Crippen molar-refractivity contribution in [2.24, 2.45) is 11.7 Å². The van der Waals surface area contributed by atoms with E-state index in [0.29, 0.717) is 18.9 Å². The number of carbonyl (C=O) groups is 2. The number of nitrogens with two attached hydrogens (primary N) is 1. The van der Waals surface area contributed by atoms with Crippen LogP contribution in [-0.2, 0) is 9.59 Å². The predicted octanol–water partition coefficient (Wildman–Crippen LogP) is 0.510. The lowest BCUT2D eigenvalue weighted by molar-refractivity contribution is -0.131. The zero-order chi connectivity index (χ0) is 10.6. The number of amides is 2. The molecule has 14 heavy (non-hydrogen) atoms. The molecule has 0 aromatic rings. The minimum absolute atomic E-state index is 0.163. The highest BCUT2D eigenvalue weighted by Gasteiger charge is 2.19. The molecule has 1 rings (SSSR count).